The van der Waals surface area contributed by atoms with Gasteiger partial charge in [0.05, 0.1) is 9.79 Å². The fraction of sp³-hybridized carbons (Fsp3) is 0.0526. The minimum absolute atomic E-state index is 0.942. The molecule has 1 aliphatic heterocycles. The second-order valence-corrected chi connectivity index (χ2v) is 6.65. The second-order valence-electron chi connectivity index (χ2n) is 5.60. The highest BCUT2D eigenvalue weighted by atomic mass is 32.2. The van der Waals surface area contributed by atoms with Crippen LogP contribution in [0.1, 0.15) is 5.56 Å². The van der Waals surface area contributed by atoms with Gasteiger partial charge in [0.2, 0.25) is 0 Å². The highest BCUT2D eigenvalue weighted by Crippen LogP contribution is 2.50. The normalized spacial score (nSPS) is 12.2. The first-order chi connectivity index (χ1) is 10.7. The van der Waals surface area contributed by atoms with Gasteiger partial charge in [0, 0.05) is 0 Å². The Labute approximate surface area is 135 Å². The van der Waals surface area contributed by atoms with E-state index in [1.807, 2.05) is 18.2 Å². The number of hydrogen-bond donors (Lipinski definition) is 0. The van der Waals surface area contributed by atoms with Crippen LogP contribution in [-0.4, -0.2) is 7.85 Å². The Morgan fingerprint density at radius 2 is 1.68 bits per heavy atom. The second kappa shape index (κ2) is 5.26. The average Bonchev–Trinajstić information content (AvgIpc) is 2.53. The van der Waals surface area contributed by atoms with Crippen molar-refractivity contribution < 1.29 is 4.74 Å². The van der Waals surface area contributed by atoms with Gasteiger partial charge < -0.3 is 4.74 Å². The molecule has 0 aliphatic carbocycles. The summed E-state index contributed by atoms with van der Waals surface area (Å²) in [5.74, 6) is 1.89. The SMILES string of the molecule is Bc1cc(C)ccc1-c1cccc2c1Sc1ccccc1O2. The van der Waals surface area contributed by atoms with Gasteiger partial charge in [-0.3, -0.25) is 0 Å². The largest absolute Gasteiger partial charge is 0.455 e. The Morgan fingerprint density at radius 3 is 2.55 bits per heavy atom. The summed E-state index contributed by atoms with van der Waals surface area (Å²) >= 11 is 1.79. The third kappa shape index (κ3) is 2.22. The average molecular weight is 302 g/mol. The van der Waals surface area contributed by atoms with E-state index < -0.39 is 0 Å². The van der Waals surface area contributed by atoms with Crippen molar-refractivity contribution in [1.82, 2.24) is 0 Å². The molecule has 3 heteroatoms. The predicted molar refractivity (Wildman–Crippen MR) is 95.4 cm³/mol. The van der Waals surface area contributed by atoms with E-state index in [4.69, 9.17) is 4.74 Å². The first-order valence-corrected chi connectivity index (χ1v) is 8.19. The topological polar surface area (TPSA) is 9.23 Å². The molecule has 0 unspecified atom stereocenters. The maximum atomic E-state index is 6.08. The van der Waals surface area contributed by atoms with Crippen LogP contribution in [0, 0.1) is 6.92 Å². The zero-order chi connectivity index (χ0) is 15.1. The minimum atomic E-state index is 0.942. The number of ether oxygens (including phenoxy) is 1. The van der Waals surface area contributed by atoms with E-state index >= 15 is 0 Å². The molecule has 0 amide bonds. The zero-order valence-electron chi connectivity index (χ0n) is 12.6. The summed E-state index contributed by atoms with van der Waals surface area (Å²) in [6.45, 7) is 2.13. The lowest BCUT2D eigenvalue weighted by Gasteiger charge is -2.22. The number of hydrogen-bond acceptors (Lipinski definition) is 2. The molecule has 0 radical (unpaired) electrons. The standard InChI is InChI=1S/C19H15BOS/c1-12-9-10-13(15(20)11-12)14-5-4-7-17-19(14)22-18-8-3-2-6-16(18)21-17/h2-11H,20H2,1H3. The summed E-state index contributed by atoms with van der Waals surface area (Å²) in [6, 6.07) is 21.1. The number of fused-ring (bicyclic) bond motifs is 2. The summed E-state index contributed by atoms with van der Waals surface area (Å²) in [5, 5.41) is 0. The highest BCUT2D eigenvalue weighted by Gasteiger charge is 2.21. The molecule has 22 heavy (non-hydrogen) atoms. The zero-order valence-corrected chi connectivity index (χ0v) is 13.4. The quantitative estimate of drug-likeness (QED) is 0.488. The number of benzene rings is 3. The van der Waals surface area contributed by atoms with Gasteiger partial charge in [-0.05, 0) is 36.2 Å². The van der Waals surface area contributed by atoms with E-state index in [-0.39, 0.29) is 0 Å². The Kier molecular flexibility index (Phi) is 3.23. The van der Waals surface area contributed by atoms with E-state index in [2.05, 4.69) is 57.2 Å². The Hall–Kier alpha value is -2.13. The van der Waals surface area contributed by atoms with E-state index in [9.17, 15) is 0 Å². The van der Waals surface area contributed by atoms with Gasteiger partial charge in [-0.1, -0.05) is 65.3 Å². The van der Waals surface area contributed by atoms with Gasteiger partial charge in [0.15, 0.2) is 0 Å². The van der Waals surface area contributed by atoms with E-state index in [0.29, 0.717) is 0 Å². The van der Waals surface area contributed by atoms with Gasteiger partial charge in [0.1, 0.15) is 19.3 Å². The molecule has 0 saturated carbocycles. The van der Waals surface area contributed by atoms with E-state index in [1.165, 1.54) is 31.9 Å². The van der Waals surface area contributed by atoms with Crippen LogP contribution in [0.25, 0.3) is 11.1 Å². The van der Waals surface area contributed by atoms with Gasteiger partial charge in [0.25, 0.3) is 0 Å². The molecule has 0 atom stereocenters. The van der Waals surface area contributed by atoms with Crippen LogP contribution in [-0.2, 0) is 0 Å². The van der Waals surface area contributed by atoms with Crippen molar-refractivity contribution in [3.63, 3.8) is 0 Å². The molecule has 1 heterocycles. The van der Waals surface area contributed by atoms with Gasteiger partial charge in [-0.2, -0.15) is 0 Å². The Bertz CT molecular complexity index is 873. The molecule has 0 N–H and O–H groups in total. The predicted octanol–water partition coefficient (Wildman–Crippen LogP) is 4.18. The Morgan fingerprint density at radius 1 is 0.864 bits per heavy atom. The maximum absolute atomic E-state index is 6.08. The summed E-state index contributed by atoms with van der Waals surface area (Å²) in [7, 11) is 2.17. The number of rotatable bonds is 1. The summed E-state index contributed by atoms with van der Waals surface area (Å²) in [5.41, 5.74) is 5.11. The summed E-state index contributed by atoms with van der Waals surface area (Å²) < 4.78 is 6.08. The molecule has 1 nitrogen and oxygen atoms in total. The fourth-order valence-electron chi connectivity index (χ4n) is 2.88. The van der Waals surface area contributed by atoms with Gasteiger partial charge in [-0.25, -0.2) is 0 Å². The van der Waals surface area contributed by atoms with Crippen molar-refractivity contribution in [1.29, 1.82) is 0 Å². The van der Waals surface area contributed by atoms with Gasteiger partial charge >= 0.3 is 0 Å². The monoisotopic (exact) mass is 302 g/mol. The molecule has 0 bridgehead atoms. The molecule has 0 spiro atoms. The molecular formula is C19H15BOS. The number of para-hydroxylation sites is 1. The van der Waals surface area contributed by atoms with Crippen LogP contribution in [0.15, 0.2) is 70.5 Å². The lowest BCUT2D eigenvalue weighted by molar-refractivity contribution is 0.455. The fourth-order valence-corrected chi connectivity index (χ4v) is 3.95. The van der Waals surface area contributed by atoms with Gasteiger partial charge in [-0.15, -0.1) is 0 Å². The van der Waals surface area contributed by atoms with Crippen molar-refractivity contribution in [3.8, 4) is 22.6 Å². The van der Waals surface area contributed by atoms with Crippen LogP contribution < -0.4 is 10.2 Å². The minimum Gasteiger partial charge on any atom is -0.455 e. The first kappa shape index (κ1) is 13.5. The molecule has 1 aliphatic rings. The third-order valence-electron chi connectivity index (χ3n) is 3.93. The first-order valence-electron chi connectivity index (χ1n) is 7.38. The van der Waals surface area contributed by atoms with Crippen molar-refractivity contribution >= 4 is 25.1 Å². The molecule has 0 aromatic heterocycles. The summed E-state index contributed by atoms with van der Waals surface area (Å²) in [6.07, 6.45) is 0. The molecule has 0 saturated heterocycles. The van der Waals surface area contributed by atoms with Crippen molar-refractivity contribution in [2.45, 2.75) is 16.7 Å². The maximum Gasteiger partial charge on any atom is 0.142 e. The highest BCUT2D eigenvalue weighted by molar-refractivity contribution is 7.99. The summed E-state index contributed by atoms with van der Waals surface area (Å²) in [4.78, 5) is 2.38. The molecule has 0 fully saturated rings. The lowest BCUT2D eigenvalue weighted by Crippen LogP contribution is -2.08. The van der Waals surface area contributed by atoms with Crippen molar-refractivity contribution in [2.24, 2.45) is 0 Å². The van der Waals surface area contributed by atoms with Crippen LogP contribution in [0.4, 0.5) is 0 Å². The number of aryl methyl sites for hydroxylation is 1. The Balaban J connectivity index is 1.87. The van der Waals surface area contributed by atoms with Crippen LogP contribution in [0.5, 0.6) is 11.5 Å². The van der Waals surface area contributed by atoms with Crippen molar-refractivity contribution in [3.05, 3.63) is 66.2 Å². The smallest absolute Gasteiger partial charge is 0.142 e. The van der Waals surface area contributed by atoms with E-state index in [1.54, 1.807) is 11.8 Å². The van der Waals surface area contributed by atoms with E-state index in [0.717, 1.165) is 11.5 Å². The van der Waals surface area contributed by atoms with Crippen LogP contribution in [0.2, 0.25) is 0 Å². The molecule has 3 aromatic carbocycles. The van der Waals surface area contributed by atoms with Crippen molar-refractivity contribution in [2.75, 3.05) is 0 Å². The molecular weight excluding hydrogens is 287 g/mol. The van der Waals surface area contributed by atoms with Crippen LogP contribution >= 0.6 is 11.8 Å². The molecule has 3 aromatic rings. The molecule has 4 rings (SSSR count). The lowest BCUT2D eigenvalue weighted by atomic mass is 9.86. The molecule has 106 valence electrons. The van der Waals surface area contributed by atoms with Crippen LogP contribution in [0.3, 0.4) is 0 Å². The third-order valence-corrected chi connectivity index (χ3v) is 5.11.